The van der Waals surface area contributed by atoms with Crippen LogP contribution in [0.25, 0.3) is 0 Å². The average Bonchev–Trinajstić information content (AvgIpc) is 2.74. The van der Waals surface area contributed by atoms with Gasteiger partial charge in [0.2, 0.25) is 0 Å². The Morgan fingerprint density at radius 2 is 1.38 bits per heavy atom. The Kier molecular flexibility index (Phi) is 6.71. The van der Waals surface area contributed by atoms with Gasteiger partial charge >= 0.3 is 0 Å². The number of anilines is 2. The Morgan fingerprint density at radius 3 is 2.03 bits per heavy atom. The zero-order valence-electron chi connectivity index (χ0n) is 15.9. The molecule has 5 nitrogen and oxygen atoms in total. The minimum atomic E-state index is -0.279. The second-order valence-electron chi connectivity index (χ2n) is 6.36. The van der Waals surface area contributed by atoms with Gasteiger partial charge in [-0.3, -0.25) is 14.9 Å². The zero-order chi connectivity index (χ0) is 20.6. The molecule has 6 heteroatoms. The number of hydrogen-bond donors (Lipinski definition) is 3. The van der Waals surface area contributed by atoms with Gasteiger partial charge in [-0.1, -0.05) is 43.3 Å². The molecule has 0 unspecified atom stereocenters. The summed E-state index contributed by atoms with van der Waals surface area (Å²) in [5.41, 5.74) is 3.55. The smallest absolute Gasteiger partial charge is 0.257 e. The van der Waals surface area contributed by atoms with Crippen molar-refractivity contribution in [1.82, 2.24) is 5.32 Å². The van der Waals surface area contributed by atoms with E-state index in [-0.39, 0.29) is 16.9 Å². The normalized spacial score (nSPS) is 10.1. The molecule has 3 aromatic carbocycles. The molecule has 0 bridgehead atoms. The van der Waals surface area contributed by atoms with Crippen LogP contribution in [0, 0.1) is 0 Å². The number of hydrogen-bond acceptors (Lipinski definition) is 3. The molecular weight excluding hydrogens is 382 g/mol. The van der Waals surface area contributed by atoms with E-state index in [1.165, 1.54) is 0 Å². The highest BCUT2D eigenvalue weighted by Crippen LogP contribution is 2.16. The Balaban J connectivity index is 1.59. The number of thiocarbonyl (C=S) groups is 1. The van der Waals surface area contributed by atoms with Crippen molar-refractivity contribution in [3.63, 3.8) is 0 Å². The number of carbonyl (C=O) groups is 2. The van der Waals surface area contributed by atoms with Crippen LogP contribution in [0.2, 0.25) is 0 Å². The van der Waals surface area contributed by atoms with Crippen LogP contribution >= 0.6 is 12.2 Å². The molecule has 0 aliphatic rings. The average molecular weight is 404 g/mol. The van der Waals surface area contributed by atoms with Crippen LogP contribution in [0.15, 0.2) is 78.9 Å². The second kappa shape index (κ2) is 9.61. The monoisotopic (exact) mass is 403 g/mol. The van der Waals surface area contributed by atoms with Crippen molar-refractivity contribution in [2.75, 3.05) is 10.6 Å². The first-order valence-corrected chi connectivity index (χ1v) is 9.63. The quantitative estimate of drug-likeness (QED) is 0.543. The topological polar surface area (TPSA) is 70.2 Å². The van der Waals surface area contributed by atoms with E-state index in [0.717, 1.165) is 12.0 Å². The molecule has 0 aliphatic heterocycles. The molecule has 0 saturated carbocycles. The zero-order valence-corrected chi connectivity index (χ0v) is 16.8. The fourth-order valence-electron chi connectivity index (χ4n) is 2.70. The molecule has 0 spiro atoms. The minimum Gasteiger partial charge on any atom is -0.332 e. The van der Waals surface area contributed by atoms with Gasteiger partial charge in [0.15, 0.2) is 5.11 Å². The van der Waals surface area contributed by atoms with Crippen molar-refractivity contribution < 1.29 is 9.59 Å². The number of aryl methyl sites for hydroxylation is 1. The number of carbonyl (C=O) groups excluding carboxylic acids is 2. The maximum Gasteiger partial charge on any atom is 0.257 e. The molecule has 2 amide bonds. The van der Waals surface area contributed by atoms with Gasteiger partial charge in [0, 0.05) is 22.5 Å². The summed E-state index contributed by atoms with van der Waals surface area (Å²) in [7, 11) is 0. The maximum absolute atomic E-state index is 12.3. The highest BCUT2D eigenvalue weighted by Gasteiger charge is 2.09. The molecule has 0 heterocycles. The lowest BCUT2D eigenvalue weighted by Gasteiger charge is -2.11. The van der Waals surface area contributed by atoms with E-state index in [2.05, 4.69) is 22.9 Å². The number of nitrogens with one attached hydrogen (secondary N) is 3. The number of amides is 2. The molecule has 0 aliphatic carbocycles. The second-order valence-corrected chi connectivity index (χ2v) is 6.77. The third kappa shape index (κ3) is 5.73. The van der Waals surface area contributed by atoms with E-state index in [1.54, 1.807) is 48.5 Å². The third-order valence-corrected chi connectivity index (χ3v) is 4.47. The molecule has 0 saturated heterocycles. The van der Waals surface area contributed by atoms with Crippen LogP contribution in [0.4, 0.5) is 11.4 Å². The molecule has 0 radical (unpaired) electrons. The van der Waals surface area contributed by atoms with Crippen molar-refractivity contribution in [3.8, 4) is 0 Å². The van der Waals surface area contributed by atoms with E-state index in [0.29, 0.717) is 22.5 Å². The minimum absolute atomic E-state index is 0.182. The first-order valence-electron chi connectivity index (χ1n) is 9.23. The fraction of sp³-hybridized carbons (Fsp3) is 0.0870. The van der Waals surface area contributed by atoms with Gasteiger partial charge < -0.3 is 10.6 Å². The Morgan fingerprint density at radius 1 is 0.759 bits per heavy atom. The van der Waals surface area contributed by atoms with E-state index in [1.807, 2.05) is 30.3 Å². The molecular formula is C23H21N3O2S. The SMILES string of the molecule is CCc1ccc(C(=O)NC(=S)Nc2cccc(NC(=O)c3ccccc3)c2)cc1. The van der Waals surface area contributed by atoms with E-state index < -0.39 is 0 Å². The van der Waals surface area contributed by atoms with Crippen LogP contribution in [0.3, 0.4) is 0 Å². The van der Waals surface area contributed by atoms with Crippen molar-refractivity contribution in [2.45, 2.75) is 13.3 Å². The largest absolute Gasteiger partial charge is 0.332 e. The lowest BCUT2D eigenvalue weighted by molar-refractivity contribution is 0.0976. The molecule has 3 N–H and O–H groups in total. The Bertz CT molecular complexity index is 1020. The summed E-state index contributed by atoms with van der Waals surface area (Å²) in [4.78, 5) is 24.6. The van der Waals surface area contributed by atoms with Crippen molar-refractivity contribution in [3.05, 3.63) is 95.6 Å². The standard InChI is InChI=1S/C23H21N3O2S/c1-2-16-11-13-18(14-12-16)22(28)26-23(29)25-20-10-6-9-19(15-20)24-21(27)17-7-4-3-5-8-17/h3-15H,2H2,1H3,(H,24,27)(H2,25,26,28,29). The van der Waals surface area contributed by atoms with E-state index in [4.69, 9.17) is 12.2 Å². The van der Waals surface area contributed by atoms with Gasteiger partial charge in [-0.25, -0.2) is 0 Å². The Hall–Kier alpha value is -3.51. The number of rotatable bonds is 5. The van der Waals surface area contributed by atoms with Crippen molar-refractivity contribution in [2.24, 2.45) is 0 Å². The molecule has 0 aromatic heterocycles. The summed E-state index contributed by atoms with van der Waals surface area (Å²) < 4.78 is 0. The predicted molar refractivity (Wildman–Crippen MR) is 120 cm³/mol. The summed E-state index contributed by atoms with van der Waals surface area (Å²) in [6, 6.07) is 23.5. The summed E-state index contributed by atoms with van der Waals surface area (Å²) in [5.74, 6) is -0.479. The fourth-order valence-corrected chi connectivity index (χ4v) is 2.91. The van der Waals surface area contributed by atoms with Gasteiger partial charge in [0.05, 0.1) is 0 Å². The van der Waals surface area contributed by atoms with Crippen molar-refractivity contribution >= 4 is 40.5 Å². The molecule has 3 aromatic rings. The van der Waals surface area contributed by atoms with E-state index in [9.17, 15) is 9.59 Å². The predicted octanol–water partition coefficient (Wildman–Crippen LogP) is 4.63. The first-order chi connectivity index (χ1) is 14.0. The highest BCUT2D eigenvalue weighted by atomic mass is 32.1. The highest BCUT2D eigenvalue weighted by molar-refractivity contribution is 7.80. The summed E-state index contributed by atoms with van der Waals surface area (Å²) in [6.45, 7) is 2.06. The van der Waals surface area contributed by atoms with Crippen LogP contribution in [0.1, 0.15) is 33.2 Å². The van der Waals surface area contributed by atoms with Crippen molar-refractivity contribution in [1.29, 1.82) is 0 Å². The van der Waals surface area contributed by atoms with Crippen LogP contribution in [0.5, 0.6) is 0 Å². The first kappa shape index (κ1) is 20.2. The number of benzene rings is 3. The van der Waals surface area contributed by atoms with Crippen LogP contribution in [-0.4, -0.2) is 16.9 Å². The molecule has 0 atom stereocenters. The van der Waals surface area contributed by atoms with Crippen LogP contribution in [-0.2, 0) is 6.42 Å². The lowest BCUT2D eigenvalue weighted by atomic mass is 10.1. The van der Waals surface area contributed by atoms with E-state index >= 15 is 0 Å². The third-order valence-electron chi connectivity index (χ3n) is 4.27. The maximum atomic E-state index is 12.3. The van der Waals surface area contributed by atoms with Gasteiger partial charge in [0.25, 0.3) is 11.8 Å². The van der Waals surface area contributed by atoms with Gasteiger partial charge in [-0.15, -0.1) is 0 Å². The molecule has 0 fully saturated rings. The molecule has 29 heavy (non-hydrogen) atoms. The molecule has 3 rings (SSSR count). The summed E-state index contributed by atoms with van der Waals surface area (Å²) in [6.07, 6.45) is 0.916. The summed E-state index contributed by atoms with van der Waals surface area (Å²) >= 11 is 5.24. The Labute approximate surface area is 175 Å². The van der Waals surface area contributed by atoms with Gasteiger partial charge in [0.1, 0.15) is 0 Å². The van der Waals surface area contributed by atoms with Crippen LogP contribution < -0.4 is 16.0 Å². The van der Waals surface area contributed by atoms with Gasteiger partial charge in [-0.05, 0) is 66.7 Å². The molecule has 146 valence electrons. The summed E-state index contributed by atoms with van der Waals surface area (Å²) in [5, 5.41) is 8.65. The lowest BCUT2D eigenvalue weighted by Crippen LogP contribution is -2.34. The van der Waals surface area contributed by atoms with Gasteiger partial charge in [-0.2, -0.15) is 0 Å².